The Morgan fingerprint density at radius 3 is 1.96 bits per heavy atom. The van der Waals surface area contributed by atoms with E-state index >= 15 is 0 Å². The third-order valence-electron chi connectivity index (χ3n) is 3.28. The molecule has 1 N–H and O–H groups in total. The van der Waals surface area contributed by atoms with Gasteiger partial charge in [-0.3, -0.25) is 9.69 Å². The quantitative estimate of drug-likeness (QED) is 0.575. The van der Waals surface area contributed by atoms with Crippen LogP contribution >= 0.6 is 0 Å². The fraction of sp³-hybridized carbons (Fsp3) is 0.471. The molecule has 0 radical (unpaired) electrons. The molecule has 0 aliphatic rings. The van der Waals surface area contributed by atoms with Crippen molar-refractivity contribution in [1.29, 1.82) is 0 Å². The normalized spacial score (nSPS) is 10.7. The summed E-state index contributed by atoms with van der Waals surface area (Å²) in [4.78, 5) is 36.0. The lowest BCUT2D eigenvalue weighted by Gasteiger charge is -2.33. The van der Waals surface area contributed by atoms with Gasteiger partial charge in [0.25, 0.3) is 0 Å². The van der Waals surface area contributed by atoms with Crippen LogP contribution in [0.5, 0.6) is 11.5 Å². The molecule has 0 heterocycles. The molecule has 26 heavy (non-hydrogen) atoms. The average molecular weight is 369 g/mol. The van der Waals surface area contributed by atoms with Gasteiger partial charge < -0.3 is 24.1 Å². The highest BCUT2D eigenvalue weighted by Gasteiger charge is 2.30. The third kappa shape index (κ3) is 6.15. The lowest BCUT2D eigenvalue weighted by atomic mass is 10.1. The molecule has 144 valence electrons. The Balaban J connectivity index is 2.70. The van der Waals surface area contributed by atoms with Crippen molar-refractivity contribution in [3.05, 3.63) is 23.8 Å². The summed E-state index contributed by atoms with van der Waals surface area (Å²) in [6, 6.07) is 4.47. The van der Waals surface area contributed by atoms with Crippen molar-refractivity contribution in [2.24, 2.45) is 0 Å². The molecule has 0 aromatic heterocycles. The van der Waals surface area contributed by atoms with E-state index in [1.807, 2.05) is 0 Å². The van der Waals surface area contributed by atoms with Crippen molar-refractivity contribution in [3.63, 3.8) is 0 Å². The van der Waals surface area contributed by atoms with Crippen LogP contribution in [0.2, 0.25) is 0 Å². The molecule has 0 fully saturated rings. The van der Waals surface area contributed by atoms with Crippen molar-refractivity contribution in [3.8, 4) is 11.5 Å². The number of ether oxygens (including phenoxy) is 4. The fourth-order valence-electron chi connectivity index (χ4n) is 1.93. The number of carboxylic acids is 1. The molecule has 1 aromatic carbocycles. The largest absolute Gasteiger partial charge is 0.497 e. The molecular weight excluding hydrogens is 346 g/mol. The van der Waals surface area contributed by atoms with E-state index in [2.05, 4.69) is 0 Å². The van der Waals surface area contributed by atoms with Crippen LogP contribution in [0.3, 0.4) is 0 Å². The fourth-order valence-corrected chi connectivity index (χ4v) is 1.93. The Morgan fingerprint density at radius 2 is 1.54 bits per heavy atom. The maximum Gasteiger partial charge on any atom is 0.413 e. The van der Waals surface area contributed by atoms with Gasteiger partial charge in [0.1, 0.15) is 18.0 Å². The highest BCUT2D eigenvalue weighted by atomic mass is 16.7. The van der Waals surface area contributed by atoms with Crippen LogP contribution in [-0.2, 0) is 14.3 Å². The van der Waals surface area contributed by atoms with Gasteiger partial charge in [0.15, 0.2) is 0 Å². The van der Waals surface area contributed by atoms with Gasteiger partial charge in [-0.1, -0.05) is 0 Å². The predicted octanol–water partition coefficient (Wildman–Crippen LogP) is 2.14. The van der Waals surface area contributed by atoms with E-state index in [1.54, 1.807) is 26.8 Å². The number of benzene rings is 1. The van der Waals surface area contributed by atoms with Crippen LogP contribution in [0.4, 0.5) is 4.79 Å². The summed E-state index contributed by atoms with van der Waals surface area (Å²) in [6.07, 6.45) is -0.907. The van der Waals surface area contributed by atoms with E-state index in [1.165, 1.54) is 26.4 Å². The van der Waals surface area contributed by atoms with E-state index in [0.717, 1.165) is 4.90 Å². The Morgan fingerprint density at radius 1 is 1.00 bits per heavy atom. The predicted molar refractivity (Wildman–Crippen MR) is 90.4 cm³/mol. The number of carbonyl (C=O) groups excluding carboxylic acids is 2. The molecular formula is C17H23NO8. The van der Waals surface area contributed by atoms with Crippen molar-refractivity contribution in [1.82, 2.24) is 4.90 Å². The standard InChI is InChI=1S/C17H23NO8/c1-17(2,3)18(9-14(19)20)16(22)26-10-25-15(21)11-6-12(23-4)8-13(7-11)24-5/h6-8H,9-10H2,1-5H3,(H,19,20). The number of rotatable bonds is 7. The molecule has 0 saturated carbocycles. The molecule has 9 nitrogen and oxygen atoms in total. The Hall–Kier alpha value is -2.97. The minimum atomic E-state index is -1.18. The molecule has 0 aliphatic carbocycles. The summed E-state index contributed by atoms with van der Waals surface area (Å²) in [7, 11) is 2.88. The lowest BCUT2D eigenvalue weighted by molar-refractivity contribution is -0.139. The first kappa shape index (κ1) is 21.1. The van der Waals surface area contributed by atoms with Gasteiger partial charge in [-0.05, 0) is 32.9 Å². The zero-order chi connectivity index (χ0) is 19.9. The van der Waals surface area contributed by atoms with Gasteiger partial charge in [0.2, 0.25) is 6.79 Å². The van der Waals surface area contributed by atoms with Gasteiger partial charge in [0, 0.05) is 11.6 Å². The second kappa shape index (κ2) is 8.93. The van der Waals surface area contributed by atoms with E-state index in [4.69, 9.17) is 24.1 Å². The highest BCUT2D eigenvalue weighted by Crippen LogP contribution is 2.23. The maximum atomic E-state index is 12.1. The lowest BCUT2D eigenvalue weighted by Crippen LogP contribution is -2.48. The second-order valence-corrected chi connectivity index (χ2v) is 6.21. The maximum absolute atomic E-state index is 12.1. The number of aliphatic carboxylic acids is 1. The number of nitrogens with zero attached hydrogens (tertiary/aromatic N) is 1. The summed E-state index contributed by atoms with van der Waals surface area (Å²) in [5.74, 6) is -1.14. The summed E-state index contributed by atoms with van der Waals surface area (Å²) < 4.78 is 19.9. The van der Waals surface area contributed by atoms with Gasteiger partial charge in [0.05, 0.1) is 19.8 Å². The zero-order valence-corrected chi connectivity index (χ0v) is 15.4. The molecule has 1 amide bonds. The van der Waals surface area contributed by atoms with Crippen molar-refractivity contribution in [2.45, 2.75) is 26.3 Å². The topological polar surface area (TPSA) is 112 Å². The molecule has 0 unspecified atom stereocenters. The number of methoxy groups -OCH3 is 2. The number of hydrogen-bond donors (Lipinski definition) is 1. The highest BCUT2D eigenvalue weighted by molar-refractivity contribution is 5.90. The van der Waals surface area contributed by atoms with Crippen molar-refractivity contribution < 1.29 is 38.4 Å². The smallest absolute Gasteiger partial charge is 0.413 e. The summed E-state index contributed by atoms with van der Waals surface area (Å²) >= 11 is 0. The van der Waals surface area contributed by atoms with Crippen LogP contribution in [0.25, 0.3) is 0 Å². The zero-order valence-electron chi connectivity index (χ0n) is 15.4. The second-order valence-electron chi connectivity index (χ2n) is 6.21. The van der Waals surface area contributed by atoms with Crippen LogP contribution in [0.1, 0.15) is 31.1 Å². The van der Waals surface area contributed by atoms with Gasteiger partial charge in [-0.2, -0.15) is 0 Å². The average Bonchev–Trinajstić information content (AvgIpc) is 2.57. The van der Waals surface area contributed by atoms with Crippen LogP contribution < -0.4 is 9.47 Å². The first-order chi connectivity index (χ1) is 12.1. The first-order valence-electron chi connectivity index (χ1n) is 7.65. The SMILES string of the molecule is COc1cc(OC)cc(C(=O)OCOC(=O)N(CC(=O)O)C(C)(C)C)c1. The number of esters is 1. The Bertz CT molecular complexity index is 643. The molecule has 0 spiro atoms. The van der Waals surface area contributed by atoms with Crippen LogP contribution in [0, 0.1) is 0 Å². The molecule has 0 aliphatic heterocycles. The minimum absolute atomic E-state index is 0.149. The van der Waals surface area contributed by atoms with Crippen LogP contribution in [-0.4, -0.2) is 61.1 Å². The Kier molecular flexibility index (Phi) is 7.24. The van der Waals surface area contributed by atoms with Crippen LogP contribution in [0.15, 0.2) is 18.2 Å². The summed E-state index contributed by atoms with van der Waals surface area (Å²) in [5.41, 5.74) is -0.630. The number of carboxylic acid groups (broad SMARTS) is 1. The van der Waals surface area contributed by atoms with Crippen molar-refractivity contribution in [2.75, 3.05) is 27.6 Å². The molecule has 0 atom stereocenters. The van der Waals surface area contributed by atoms with Gasteiger partial charge in [-0.15, -0.1) is 0 Å². The first-order valence-corrected chi connectivity index (χ1v) is 7.65. The van der Waals surface area contributed by atoms with Gasteiger partial charge in [-0.25, -0.2) is 9.59 Å². The molecule has 9 heteroatoms. The molecule has 1 aromatic rings. The number of amides is 1. The molecule has 1 rings (SSSR count). The Labute approximate surface area is 151 Å². The molecule has 0 saturated heterocycles. The monoisotopic (exact) mass is 369 g/mol. The minimum Gasteiger partial charge on any atom is -0.497 e. The number of hydrogen-bond acceptors (Lipinski definition) is 7. The molecule has 0 bridgehead atoms. The van der Waals surface area contributed by atoms with E-state index < -0.39 is 36.9 Å². The van der Waals surface area contributed by atoms with Gasteiger partial charge >= 0.3 is 18.0 Å². The van der Waals surface area contributed by atoms with E-state index in [9.17, 15) is 14.4 Å². The van der Waals surface area contributed by atoms with E-state index in [-0.39, 0.29) is 5.56 Å². The number of carbonyl (C=O) groups is 3. The van der Waals surface area contributed by atoms with Crippen molar-refractivity contribution >= 4 is 18.0 Å². The van der Waals surface area contributed by atoms with E-state index in [0.29, 0.717) is 11.5 Å². The third-order valence-corrected chi connectivity index (χ3v) is 3.28. The summed E-state index contributed by atoms with van der Waals surface area (Å²) in [6.45, 7) is 3.77. The summed E-state index contributed by atoms with van der Waals surface area (Å²) in [5, 5.41) is 8.90.